The lowest BCUT2D eigenvalue weighted by Gasteiger charge is -2.07. The van der Waals surface area contributed by atoms with Crippen LogP contribution in [0, 0.1) is 34.0 Å². The maximum atomic E-state index is 8.93. The number of nitrogens with one attached hydrogen (secondary N) is 1. The first-order valence-electron chi connectivity index (χ1n) is 5.32. The molecule has 0 atom stereocenters. The average molecular weight is 224 g/mol. The second kappa shape index (κ2) is 6.88. The maximum Gasteiger partial charge on any atom is 0.0994 e. The van der Waals surface area contributed by atoms with E-state index in [1.54, 1.807) is 6.07 Å². The van der Waals surface area contributed by atoms with E-state index in [9.17, 15) is 0 Å². The van der Waals surface area contributed by atoms with E-state index in [1.165, 1.54) is 0 Å². The number of hydrogen-bond donors (Lipinski definition) is 1. The number of nitrogens with zero attached hydrogens (tertiary/aromatic N) is 3. The highest BCUT2D eigenvalue weighted by Gasteiger charge is 2.03. The average Bonchev–Trinajstić information content (AvgIpc) is 2.37. The molecule has 0 aliphatic heterocycles. The van der Waals surface area contributed by atoms with Crippen molar-refractivity contribution in [3.05, 3.63) is 29.3 Å². The zero-order valence-corrected chi connectivity index (χ0v) is 9.40. The van der Waals surface area contributed by atoms with Crippen LogP contribution < -0.4 is 5.32 Å². The number of aryl methyl sites for hydroxylation is 1. The van der Waals surface area contributed by atoms with Gasteiger partial charge in [-0.1, -0.05) is 0 Å². The van der Waals surface area contributed by atoms with E-state index >= 15 is 0 Å². The topological polar surface area (TPSA) is 83.4 Å². The minimum absolute atomic E-state index is 0.399. The Labute approximate surface area is 101 Å². The Morgan fingerprint density at radius 3 is 2.47 bits per heavy atom. The summed E-state index contributed by atoms with van der Waals surface area (Å²) in [6, 6.07) is 11.6. The number of benzene rings is 1. The first-order chi connectivity index (χ1) is 8.31. The van der Waals surface area contributed by atoms with E-state index in [0.29, 0.717) is 31.4 Å². The second-order valence-electron chi connectivity index (χ2n) is 3.48. The summed E-state index contributed by atoms with van der Waals surface area (Å²) in [7, 11) is 0. The Morgan fingerprint density at radius 2 is 1.82 bits per heavy atom. The van der Waals surface area contributed by atoms with Gasteiger partial charge in [0.25, 0.3) is 0 Å². The van der Waals surface area contributed by atoms with Crippen molar-refractivity contribution in [1.82, 2.24) is 0 Å². The highest BCUT2D eigenvalue weighted by molar-refractivity contribution is 5.52. The molecule has 0 radical (unpaired) electrons. The minimum Gasteiger partial charge on any atom is -0.384 e. The fourth-order valence-electron chi connectivity index (χ4n) is 1.47. The van der Waals surface area contributed by atoms with Gasteiger partial charge in [0.2, 0.25) is 0 Å². The smallest absolute Gasteiger partial charge is 0.0994 e. The van der Waals surface area contributed by atoms with Gasteiger partial charge in [-0.15, -0.1) is 0 Å². The molecule has 0 aliphatic carbocycles. The molecule has 84 valence electrons. The Bertz CT molecular complexity index is 500. The molecule has 0 amide bonds. The van der Waals surface area contributed by atoms with Crippen molar-refractivity contribution in [1.29, 1.82) is 15.8 Å². The molecular formula is C13H12N4. The Hall–Kier alpha value is -2.51. The molecule has 1 rings (SSSR count). The number of nitriles is 3. The SMILES string of the molecule is N#CCCNc1ccc(C#N)c(CCC#N)c1. The molecular weight excluding hydrogens is 212 g/mol. The minimum atomic E-state index is 0.399. The molecule has 0 aromatic heterocycles. The summed E-state index contributed by atoms with van der Waals surface area (Å²) in [6.45, 7) is 0.583. The Balaban J connectivity index is 2.79. The number of anilines is 1. The van der Waals surface area contributed by atoms with E-state index in [1.807, 2.05) is 12.1 Å². The third-order valence-electron chi connectivity index (χ3n) is 2.30. The van der Waals surface area contributed by atoms with Gasteiger partial charge >= 0.3 is 0 Å². The molecule has 0 aliphatic rings. The van der Waals surface area contributed by atoms with Crippen LogP contribution in [0.15, 0.2) is 18.2 Å². The molecule has 1 N–H and O–H groups in total. The first-order valence-corrected chi connectivity index (χ1v) is 5.32. The molecule has 17 heavy (non-hydrogen) atoms. The van der Waals surface area contributed by atoms with E-state index in [-0.39, 0.29) is 0 Å². The summed E-state index contributed by atoms with van der Waals surface area (Å²) in [4.78, 5) is 0. The third kappa shape index (κ3) is 3.86. The van der Waals surface area contributed by atoms with Crippen LogP contribution in [0.4, 0.5) is 5.69 Å². The van der Waals surface area contributed by atoms with Gasteiger partial charge in [-0.2, -0.15) is 15.8 Å². The van der Waals surface area contributed by atoms with Gasteiger partial charge in [0.15, 0.2) is 0 Å². The summed E-state index contributed by atoms with van der Waals surface area (Å²) < 4.78 is 0. The highest BCUT2D eigenvalue weighted by atomic mass is 14.9. The normalized spacial score (nSPS) is 8.76. The quantitative estimate of drug-likeness (QED) is 0.778. The van der Waals surface area contributed by atoms with Gasteiger partial charge in [0, 0.05) is 18.7 Å². The van der Waals surface area contributed by atoms with Crippen LogP contribution in [0.5, 0.6) is 0 Å². The monoisotopic (exact) mass is 224 g/mol. The van der Waals surface area contributed by atoms with Crippen LogP contribution in [-0.2, 0) is 6.42 Å². The lowest BCUT2D eigenvalue weighted by molar-refractivity contribution is 1.00. The molecule has 4 nitrogen and oxygen atoms in total. The molecule has 0 spiro atoms. The van der Waals surface area contributed by atoms with E-state index in [4.69, 9.17) is 15.8 Å². The molecule has 1 aromatic rings. The summed E-state index contributed by atoms with van der Waals surface area (Å²) in [5.74, 6) is 0. The molecule has 1 aromatic carbocycles. The largest absolute Gasteiger partial charge is 0.384 e. The third-order valence-corrected chi connectivity index (χ3v) is 2.30. The summed E-state index contributed by atoms with van der Waals surface area (Å²) in [5.41, 5.74) is 2.36. The van der Waals surface area contributed by atoms with Crippen molar-refractivity contribution in [2.45, 2.75) is 19.3 Å². The zero-order valence-electron chi connectivity index (χ0n) is 9.40. The molecule has 0 fully saturated rings. The number of hydrogen-bond acceptors (Lipinski definition) is 4. The maximum absolute atomic E-state index is 8.93. The van der Waals surface area contributed by atoms with Crippen molar-refractivity contribution < 1.29 is 0 Å². The van der Waals surface area contributed by atoms with Crippen molar-refractivity contribution in [2.24, 2.45) is 0 Å². The highest BCUT2D eigenvalue weighted by Crippen LogP contribution is 2.17. The molecule has 0 unspecified atom stereocenters. The van der Waals surface area contributed by atoms with Gasteiger partial charge in [0.05, 0.1) is 30.2 Å². The predicted molar refractivity (Wildman–Crippen MR) is 63.8 cm³/mol. The van der Waals surface area contributed by atoms with Gasteiger partial charge in [0.1, 0.15) is 0 Å². The molecule has 0 heterocycles. The summed E-state index contributed by atoms with van der Waals surface area (Å²) in [5, 5.41) is 29.0. The van der Waals surface area contributed by atoms with Gasteiger partial charge in [-0.3, -0.25) is 0 Å². The molecule has 0 saturated heterocycles. The second-order valence-corrected chi connectivity index (χ2v) is 3.48. The van der Waals surface area contributed by atoms with E-state index in [0.717, 1.165) is 11.3 Å². The molecule has 0 bridgehead atoms. The van der Waals surface area contributed by atoms with Crippen molar-refractivity contribution in [3.63, 3.8) is 0 Å². The standard InChI is InChI=1S/C13H12N4/c14-6-1-3-11-9-13(17-8-2-7-15)5-4-12(11)10-16/h4-5,9,17H,1-3,8H2. The van der Waals surface area contributed by atoms with Crippen LogP contribution in [0.1, 0.15) is 24.0 Å². The lowest BCUT2D eigenvalue weighted by atomic mass is 10.0. The van der Waals surface area contributed by atoms with Crippen molar-refractivity contribution in [3.8, 4) is 18.2 Å². The Morgan fingerprint density at radius 1 is 1.06 bits per heavy atom. The fraction of sp³-hybridized carbons (Fsp3) is 0.308. The van der Waals surface area contributed by atoms with Gasteiger partial charge in [-0.25, -0.2) is 0 Å². The van der Waals surface area contributed by atoms with Crippen LogP contribution in [-0.4, -0.2) is 6.54 Å². The lowest BCUT2D eigenvalue weighted by Crippen LogP contribution is -2.01. The van der Waals surface area contributed by atoms with Crippen LogP contribution >= 0.6 is 0 Å². The van der Waals surface area contributed by atoms with Gasteiger partial charge < -0.3 is 5.32 Å². The van der Waals surface area contributed by atoms with Crippen LogP contribution in [0.3, 0.4) is 0 Å². The van der Waals surface area contributed by atoms with Crippen LogP contribution in [0.25, 0.3) is 0 Å². The van der Waals surface area contributed by atoms with E-state index in [2.05, 4.69) is 23.5 Å². The summed E-state index contributed by atoms with van der Waals surface area (Å²) in [6.07, 6.45) is 1.41. The van der Waals surface area contributed by atoms with Crippen molar-refractivity contribution in [2.75, 3.05) is 11.9 Å². The van der Waals surface area contributed by atoms with Crippen LogP contribution in [0.2, 0.25) is 0 Å². The zero-order chi connectivity index (χ0) is 12.5. The van der Waals surface area contributed by atoms with E-state index < -0.39 is 0 Å². The Kier molecular flexibility index (Phi) is 5.08. The van der Waals surface area contributed by atoms with Gasteiger partial charge in [-0.05, 0) is 30.2 Å². The molecule has 0 saturated carbocycles. The van der Waals surface area contributed by atoms with Crippen molar-refractivity contribution >= 4 is 5.69 Å². The molecule has 4 heteroatoms. The summed E-state index contributed by atoms with van der Waals surface area (Å²) >= 11 is 0. The fourth-order valence-corrected chi connectivity index (χ4v) is 1.47. The number of rotatable bonds is 5. The first kappa shape index (κ1) is 12.6. The predicted octanol–water partition coefficient (Wildman–Crippen LogP) is 2.34.